The van der Waals surface area contributed by atoms with Gasteiger partial charge in [-0.2, -0.15) is 0 Å². The van der Waals surface area contributed by atoms with Crippen molar-refractivity contribution in [2.24, 2.45) is 5.92 Å². The van der Waals surface area contributed by atoms with Gasteiger partial charge < -0.3 is 14.5 Å². The molecule has 122 valence electrons. The third kappa shape index (κ3) is 4.30. The third-order valence-corrected chi connectivity index (χ3v) is 4.40. The molecule has 0 spiro atoms. The number of carbonyl (C=O) groups excluding carboxylic acids is 2. The Hall–Kier alpha value is -1.90. The van der Waals surface area contributed by atoms with Gasteiger partial charge in [-0.1, -0.05) is 37.6 Å². The van der Waals surface area contributed by atoms with Crippen molar-refractivity contribution in [1.82, 2.24) is 4.90 Å². The number of allylic oxidation sites excluding steroid dienone is 5. The lowest BCUT2D eigenvalue weighted by atomic mass is 9.90. The Morgan fingerprint density at radius 2 is 1.82 bits per heavy atom. The Kier molecular flexibility index (Phi) is 9.07. The molecule has 0 radical (unpaired) electrons. The number of carbonyl (C=O) groups is 2. The molecule has 0 aromatic carbocycles. The summed E-state index contributed by atoms with van der Waals surface area (Å²) in [6.45, 7) is 18.3. The van der Waals surface area contributed by atoms with E-state index >= 15 is 0 Å². The number of hydrogen-bond acceptors (Lipinski definition) is 3. The molecule has 0 aliphatic carbocycles. The van der Waals surface area contributed by atoms with Gasteiger partial charge in [0.25, 0.3) is 0 Å². The number of nitrogens with zero attached hydrogens (tertiary/aromatic N) is 1. The molecule has 0 fully saturated rings. The van der Waals surface area contributed by atoms with Crippen LogP contribution in [0, 0.1) is 5.92 Å². The highest BCUT2D eigenvalue weighted by Crippen LogP contribution is 2.37. The van der Waals surface area contributed by atoms with Gasteiger partial charge in [0.2, 0.25) is 0 Å². The van der Waals surface area contributed by atoms with Crippen LogP contribution in [0.15, 0.2) is 46.8 Å². The first-order valence-electron chi connectivity index (χ1n) is 7.69. The zero-order chi connectivity index (χ0) is 17.3. The van der Waals surface area contributed by atoms with Crippen molar-refractivity contribution < 1.29 is 9.59 Å². The predicted molar refractivity (Wildman–Crippen MR) is 93.3 cm³/mol. The van der Waals surface area contributed by atoms with Crippen LogP contribution < -0.4 is 0 Å². The van der Waals surface area contributed by atoms with Gasteiger partial charge in [0.1, 0.15) is 13.6 Å². The van der Waals surface area contributed by atoms with E-state index in [0.29, 0.717) is 5.92 Å². The van der Waals surface area contributed by atoms with Gasteiger partial charge in [-0.25, -0.2) is 0 Å². The fourth-order valence-electron chi connectivity index (χ4n) is 3.02. The summed E-state index contributed by atoms with van der Waals surface area (Å²) in [6.07, 6.45) is 8.08. The molecule has 22 heavy (non-hydrogen) atoms. The normalized spacial score (nSPS) is 25.3. The average molecular weight is 303 g/mol. The number of hydrogen-bond donors (Lipinski definition) is 0. The maximum absolute atomic E-state index is 8.00. The molecule has 2 aliphatic heterocycles. The SMILES string of the molecule is C=C(CC)C1=CN2CC1C/C=C(C)\C(C)=C/2CC.C=O.C=O. The highest BCUT2D eigenvalue weighted by Gasteiger charge is 2.28. The number of fused-ring (bicyclic) bond motifs is 2. The lowest BCUT2D eigenvalue weighted by Gasteiger charge is -2.25. The lowest BCUT2D eigenvalue weighted by molar-refractivity contribution is -0.0987. The van der Waals surface area contributed by atoms with E-state index in [4.69, 9.17) is 9.59 Å². The van der Waals surface area contributed by atoms with Crippen LogP contribution in [-0.2, 0) is 9.59 Å². The van der Waals surface area contributed by atoms with Crippen molar-refractivity contribution >= 4 is 13.6 Å². The van der Waals surface area contributed by atoms with E-state index in [1.54, 1.807) is 0 Å². The van der Waals surface area contributed by atoms with Gasteiger partial charge in [0.15, 0.2) is 0 Å². The largest absolute Gasteiger partial charge is 0.350 e. The molecule has 0 amide bonds. The van der Waals surface area contributed by atoms with Crippen molar-refractivity contribution in [2.75, 3.05) is 6.54 Å². The fraction of sp³-hybridized carbons (Fsp3) is 0.474. The van der Waals surface area contributed by atoms with Crippen LogP contribution in [0.3, 0.4) is 0 Å². The Morgan fingerprint density at radius 1 is 1.23 bits per heavy atom. The molecule has 0 saturated carbocycles. The minimum absolute atomic E-state index is 0.641. The molecule has 2 aliphatic rings. The minimum atomic E-state index is 0.641. The second-order valence-electron chi connectivity index (χ2n) is 5.44. The van der Waals surface area contributed by atoms with Crippen LogP contribution in [0.4, 0.5) is 0 Å². The molecule has 1 unspecified atom stereocenters. The van der Waals surface area contributed by atoms with Gasteiger partial charge in [0, 0.05) is 24.4 Å². The van der Waals surface area contributed by atoms with Crippen LogP contribution in [0.25, 0.3) is 0 Å². The summed E-state index contributed by atoms with van der Waals surface area (Å²) in [7, 11) is 0. The Morgan fingerprint density at radius 3 is 2.32 bits per heavy atom. The summed E-state index contributed by atoms with van der Waals surface area (Å²) in [5.41, 5.74) is 7.16. The molecule has 2 bridgehead atoms. The van der Waals surface area contributed by atoms with E-state index in [0.717, 1.165) is 25.8 Å². The summed E-state index contributed by atoms with van der Waals surface area (Å²) in [5.74, 6) is 0.641. The molecule has 0 N–H and O–H groups in total. The van der Waals surface area contributed by atoms with Gasteiger partial charge in [-0.15, -0.1) is 0 Å². The highest BCUT2D eigenvalue weighted by molar-refractivity contribution is 5.41. The zero-order valence-corrected chi connectivity index (χ0v) is 14.4. The molecule has 0 saturated heterocycles. The lowest BCUT2D eigenvalue weighted by Crippen LogP contribution is -2.20. The fourth-order valence-corrected chi connectivity index (χ4v) is 3.02. The van der Waals surface area contributed by atoms with E-state index in [-0.39, 0.29) is 0 Å². The van der Waals surface area contributed by atoms with Gasteiger partial charge >= 0.3 is 0 Å². The molecule has 1 atom stereocenters. The summed E-state index contributed by atoms with van der Waals surface area (Å²) >= 11 is 0. The van der Waals surface area contributed by atoms with Crippen molar-refractivity contribution in [1.29, 1.82) is 0 Å². The molecular formula is C19H29NO2. The van der Waals surface area contributed by atoms with Crippen molar-refractivity contribution in [3.63, 3.8) is 0 Å². The van der Waals surface area contributed by atoms with E-state index in [2.05, 4.69) is 51.4 Å². The summed E-state index contributed by atoms with van der Waals surface area (Å²) in [4.78, 5) is 18.5. The van der Waals surface area contributed by atoms with Gasteiger partial charge in [-0.05, 0) is 44.3 Å². The van der Waals surface area contributed by atoms with Gasteiger partial charge in [0.05, 0.1) is 0 Å². The summed E-state index contributed by atoms with van der Waals surface area (Å²) < 4.78 is 0. The first-order chi connectivity index (χ1) is 10.6. The predicted octanol–water partition coefficient (Wildman–Crippen LogP) is 4.43. The third-order valence-electron chi connectivity index (χ3n) is 4.40. The average Bonchev–Trinajstić information content (AvgIpc) is 3.00. The molecule has 2 rings (SSSR count). The van der Waals surface area contributed by atoms with Crippen molar-refractivity contribution in [2.45, 2.75) is 47.0 Å². The number of rotatable bonds is 3. The smallest absolute Gasteiger partial charge is 0.106 e. The van der Waals surface area contributed by atoms with E-state index in [1.807, 2.05) is 13.6 Å². The molecule has 0 aromatic heterocycles. The monoisotopic (exact) mass is 303 g/mol. The molecule has 3 nitrogen and oxygen atoms in total. The van der Waals surface area contributed by atoms with Crippen LogP contribution in [-0.4, -0.2) is 25.0 Å². The Labute approximate surface area is 135 Å². The standard InChI is InChI=1S/C17H25N.2CH2O/c1-6-12(3)16-11-18-10-15(16)9-8-13(4)14(5)17(18)7-2;2*1-2/h8,11,15H,3,6-7,9-10H2,1-2,4-5H3;2*1H2/b13-8-,17-14-;;. The van der Waals surface area contributed by atoms with E-state index in [1.165, 1.54) is 28.0 Å². The Balaban J connectivity index is 0.00000102. The minimum Gasteiger partial charge on any atom is -0.350 e. The quantitative estimate of drug-likeness (QED) is 0.774. The second-order valence-corrected chi connectivity index (χ2v) is 5.44. The van der Waals surface area contributed by atoms with E-state index in [9.17, 15) is 0 Å². The van der Waals surface area contributed by atoms with Crippen LogP contribution in [0.5, 0.6) is 0 Å². The topological polar surface area (TPSA) is 37.4 Å². The maximum atomic E-state index is 8.00. The molecular weight excluding hydrogens is 274 g/mol. The van der Waals surface area contributed by atoms with Crippen LogP contribution in [0.1, 0.15) is 47.0 Å². The molecule has 0 aromatic rings. The zero-order valence-electron chi connectivity index (χ0n) is 14.4. The molecule has 2 heterocycles. The van der Waals surface area contributed by atoms with Crippen LogP contribution in [0.2, 0.25) is 0 Å². The summed E-state index contributed by atoms with van der Waals surface area (Å²) in [5, 5.41) is 0. The second kappa shape index (κ2) is 9.93. The Bertz CT molecular complexity index is 484. The highest BCUT2D eigenvalue weighted by atomic mass is 16.1. The van der Waals surface area contributed by atoms with Crippen molar-refractivity contribution in [3.05, 3.63) is 46.8 Å². The first kappa shape index (κ1) is 20.1. The van der Waals surface area contributed by atoms with Crippen molar-refractivity contribution in [3.8, 4) is 0 Å². The van der Waals surface area contributed by atoms with Crippen LogP contribution >= 0.6 is 0 Å². The molecule has 3 heteroatoms. The first-order valence-corrected chi connectivity index (χ1v) is 7.69. The van der Waals surface area contributed by atoms with E-state index < -0.39 is 0 Å². The maximum Gasteiger partial charge on any atom is 0.106 e. The van der Waals surface area contributed by atoms with Gasteiger partial charge in [-0.3, -0.25) is 0 Å². The summed E-state index contributed by atoms with van der Waals surface area (Å²) in [6, 6.07) is 0.